The van der Waals surface area contributed by atoms with Gasteiger partial charge in [-0.2, -0.15) is 0 Å². The van der Waals surface area contributed by atoms with E-state index < -0.39 is 6.10 Å². The lowest BCUT2D eigenvalue weighted by Gasteiger charge is -2.20. The smallest absolute Gasteiger partial charge is 0.347 e. The lowest BCUT2D eigenvalue weighted by molar-refractivity contribution is -0.151. The van der Waals surface area contributed by atoms with Crippen LogP contribution in [0.15, 0.2) is 24.3 Å². The number of carbonyl (C=O) groups excluding carboxylic acids is 1. The van der Waals surface area contributed by atoms with Gasteiger partial charge in [0.05, 0.1) is 6.61 Å². The first-order valence-electron chi connectivity index (χ1n) is 6.77. The summed E-state index contributed by atoms with van der Waals surface area (Å²) in [5.74, 6) is 0.341. The minimum atomic E-state index is -0.565. The van der Waals surface area contributed by atoms with Crippen molar-refractivity contribution in [1.29, 1.82) is 0 Å². The number of rotatable bonds is 7. The lowest BCUT2D eigenvalue weighted by Crippen LogP contribution is -2.30. The average Bonchev–Trinajstić information content (AvgIpc) is 2.39. The van der Waals surface area contributed by atoms with Crippen LogP contribution < -0.4 is 10.5 Å². The molecule has 0 radical (unpaired) electrons. The maximum absolute atomic E-state index is 11.8. The molecule has 2 atom stereocenters. The maximum atomic E-state index is 11.8. The minimum absolute atomic E-state index is 0.138. The molecule has 1 rings (SSSR count). The molecule has 1 aromatic carbocycles. The topological polar surface area (TPSA) is 61.5 Å². The quantitative estimate of drug-likeness (QED) is 0.770. The van der Waals surface area contributed by atoms with Gasteiger partial charge in [-0.3, -0.25) is 0 Å². The molecule has 0 aromatic heterocycles. The molecule has 19 heavy (non-hydrogen) atoms. The van der Waals surface area contributed by atoms with Crippen molar-refractivity contribution in [2.75, 3.05) is 6.61 Å². The fourth-order valence-electron chi connectivity index (χ4n) is 1.84. The van der Waals surface area contributed by atoms with E-state index in [2.05, 4.69) is 0 Å². The Bertz CT molecular complexity index is 404. The molecule has 4 nitrogen and oxygen atoms in total. The van der Waals surface area contributed by atoms with E-state index in [-0.39, 0.29) is 12.0 Å². The van der Waals surface area contributed by atoms with E-state index in [1.807, 2.05) is 38.1 Å². The first kappa shape index (κ1) is 15.5. The predicted molar refractivity (Wildman–Crippen MR) is 75.0 cm³/mol. The Labute approximate surface area is 114 Å². The molecule has 0 aliphatic rings. The highest BCUT2D eigenvalue weighted by Crippen LogP contribution is 2.25. The van der Waals surface area contributed by atoms with Crippen molar-refractivity contribution in [3.05, 3.63) is 29.8 Å². The summed E-state index contributed by atoms with van der Waals surface area (Å²) in [6.45, 7) is 6.04. The summed E-state index contributed by atoms with van der Waals surface area (Å²) in [5.41, 5.74) is 6.80. The zero-order valence-corrected chi connectivity index (χ0v) is 11.9. The summed E-state index contributed by atoms with van der Waals surface area (Å²) < 4.78 is 10.8. The normalized spacial score (nSPS) is 13.7. The molecule has 0 aliphatic heterocycles. The second-order valence-corrected chi connectivity index (χ2v) is 4.47. The molecule has 0 saturated heterocycles. The van der Waals surface area contributed by atoms with E-state index in [4.69, 9.17) is 15.2 Å². The third-order valence-electron chi connectivity index (χ3n) is 2.78. The van der Waals surface area contributed by atoms with Crippen LogP contribution in [0.25, 0.3) is 0 Å². The maximum Gasteiger partial charge on any atom is 0.347 e. The summed E-state index contributed by atoms with van der Waals surface area (Å²) in [5, 5.41) is 0. The van der Waals surface area contributed by atoms with Crippen LogP contribution in [0.3, 0.4) is 0 Å². The number of benzene rings is 1. The van der Waals surface area contributed by atoms with Crippen LogP contribution >= 0.6 is 0 Å². The van der Waals surface area contributed by atoms with Gasteiger partial charge in [0.2, 0.25) is 0 Å². The molecular weight excluding hydrogens is 242 g/mol. The highest BCUT2D eigenvalue weighted by Gasteiger charge is 2.22. The van der Waals surface area contributed by atoms with Gasteiger partial charge in [0.25, 0.3) is 0 Å². The Kier molecular flexibility index (Phi) is 6.36. The molecular formula is C15H23NO3. The Hall–Kier alpha value is -1.55. The van der Waals surface area contributed by atoms with Gasteiger partial charge >= 0.3 is 5.97 Å². The van der Waals surface area contributed by atoms with Crippen LogP contribution in [0.4, 0.5) is 0 Å². The third kappa shape index (κ3) is 4.56. The van der Waals surface area contributed by atoms with Crippen molar-refractivity contribution >= 4 is 5.97 Å². The number of hydrogen-bond acceptors (Lipinski definition) is 4. The second-order valence-electron chi connectivity index (χ2n) is 4.47. The fraction of sp³-hybridized carbons (Fsp3) is 0.533. The summed E-state index contributed by atoms with van der Waals surface area (Å²) in [4.78, 5) is 11.8. The minimum Gasteiger partial charge on any atom is -0.478 e. The van der Waals surface area contributed by atoms with Crippen molar-refractivity contribution in [3.63, 3.8) is 0 Å². The summed E-state index contributed by atoms with van der Waals surface area (Å²) in [7, 11) is 0. The first-order valence-corrected chi connectivity index (χ1v) is 6.77. The highest BCUT2D eigenvalue weighted by molar-refractivity contribution is 5.75. The van der Waals surface area contributed by atoms with Gasteiger partial charge in [-0.25, -0.2) is 4.79 Å². The van der Waals surface area contributed by atoms with Crippen LogP contribution in [0, 0.1) is 0 Å². The number of esters is 1. The molecule has 0 amide bonds. The van der Waals surface area contributed by atoms with Crippen LogP contribution in [0.1, 0.15) is 45.2 Å². The zero-order chi connectivity index (χ0) is 14.3. The van der Waals surface area contributed by atoms with Gasteiger partial charge in [-0.05, 0) is 26.3 Å². The Morgan fingerprint density at radius 3 is 2.58 bits per heavy atom. The number of nitrogens with two attached hydrogens (primary N) is 1. The summed E-state index contributed by atoms with van der Waals surface area (Å²) in [6.07, 6.45) is 0.917. The molecule has 0 aliphatic carbocycles. The standard InChI is InChI=1S/C15H23NO3/c1-4-8-14(15(17)18-5-2)19-13-10-7-6-9-12(13)11(3)16/h6-7,9-11,14H,4-5,8,16H2,1-3H3/t11-,14?/m0/s1. The van der Waals surface area contributed by atoms with E-state index in [9.17, 15) is 4.79 Å². The van der Waals surface area contributed by atoms with E-state index in [1.165, 1.54) is 0 Å². The Morgan fingerprint density at radius 1 is 1.32 bits per heavy atom. The van der Waals surface area contributed by atoms with Crippen molar-refractivity contribution in [2.24, 2.45) is 5.73 Å². The SMILES string of the molecule is CCCC(Oc1ccccc1[C@H](C)N)C(=O)OCC. The van der Waals surface area contributed by atoms with Crippen molar-refractivity contribution in [3.8, 4) is 5.75 Å². The van der Waals surface area contributed by atoms with Crippen molar-refractivity contribution in [2.45, 2.75) is 45.8 Å². The largest absolute Gasteiger partial charge is 0.478 e. The molecule has 0 bridgehead atoms. The highest BCUT2D eigenvalue weighted by atomic mass is 16.6. The fourth-order valence-corrected chi connectivity index (χ4v) is 1.84. The van der Waals surface area contributed by atoms with Crippen molar-refractivity contribution in [1.82, 2.24) is 0 Å². The lowest BCUT2D eigenvalue weighted by atomic mass is 10.1. The van der Waals surface area contributed by atoms with Gasteiger partial charge < -0.3 is 15.2 Å². The van der Waals surface area contributed by atoms with Gasteiger partial charge in [0.15, 0.2) is 6.10 Å². The average molecular weight is 265 g/mol. The summed E-state index contributed by atoms with van der Waals surface area (Å²) >= 11 is 0. The molecule has 0 fully saturated rings. The van der Waals surface area contributed by atoms with Crippen LogP contribution in [-0.4, -0.2) is 18.7 Å². The molecule has 2 N–H and O–H groups in total. The molecule has 4 heteroatoms. The number of hydrogen-bond donors (Lipinski definition) is 1. The number of para-hydroxylation sites is 1. The Morgan fingerprint density at radius 2 is 2.00 bits per heavy atom. The molecule has 106 valence electrons. The molecule has 1 aromatic rings. The van der Waals surface area contributed by atoms with Gasteiger partial charge in [0.1, 0.15) is 5.75 Å². The van der Waals surface area contributed by atoms with E-state index in [0.29, 0.717) is 18.8 Å². The Balaban J connectivity index is 2.87. The molecule has 1 unspecified atom stereocenters. The second kappa shape index (κ2) is 7.79. The third-order valence-corrected chi connectivity index (χ3v) is 2.78. The molecule has 0 spiro atoms. The van der Waals surface area contributed by atoms with Gasteiger partial charge in [0, 0.05) is 11.6 Å². The van der Waals surface area contributed by atoms with Crippen LogP contribution in [-0.2, 0) is 9.53 Å². The van der Waals surface area contributed by atoms with E-state index in [1.54, 1.807) is 6.92 Å². The first-order chi connectivity index (χ1) is 9.10. The van der Waals surface area contributed by atoms with Crippen LogP contribution in [0.2, 0.25) is 0 Å². The monoisotopic (exact) mass is 265 g/mol. The predicted octanol–water partition coefficient (Wildman–Crippen LogP) is 2.82. The summed E-state index contributed by atoms with van der Waals surface area (Å²) in [6, 6.07) is 7.38. The van der Waals surface area contributed by atoms with Gasteiger partial charge in [-0.1, -0.05) is 31.5 Å². The van der Waals surface area contributed by atoms with E-state index >= 15 is 0 Å². The molecule has 0 saturated carbocycles. The van der Waals surface area contributed by atoms with E-state index in [0.717, 1.165) is 12.0 Å². The zero-order valence-electron chi connectivity index (χ0n) is 11.9. The molecule has 0 heterocycles. The number of ether oxygens (including phenoxy) is 2. The number of carbonyl (C=O) groups is 1. The van der Waals surface area contributed by atoms with Crippen LogP contribution in [0.5, 0.6) is 5.75 Å². The van der Waals surface area contributed by atoms with Crippen molar-refractivity contribution < 1.29 is 14.3 Å². The van der Waals surface area contributed by atoms with Gasteiger partial charge in [-0.15, -0.1) is 0 Å².